The van der Waals surface area contributed by atoms with Crippen molar-refractivity contribution >= 4 is 29.8 Å². The van der Waals surface area contributed by atoms with Gasteiger partial charge in [-0.1, -0.05) is 0 Å². The number of nitrogens with one attached hydrogen (secondary N) is 2. The number of amides is 1. The maximum Gasteiger partial charge on any atom is 0.326 e. The molecule has 8 N–H and O–H groups in total. The predicted molar refractivity (Wildman–Crippen MR) is 85.3 cm³/mol. The van der Waals surface area contributed by atoms with E-state index in [2.05, 4.69) is 10.6 Å². The molecule has 2 aliphatic rings. The third kappa shape index (κ3) is 10.2. The van der Waals surface area contributed by atoms with Crippen LogP contribution in [0.5, 0.6) is 0 Å². The van der Waals surface area contributed by atoms with E-state index in [1.165, 1.54) is 0 Å². The summed E-state index contributed by atoms with van der Waals surface area (Å²) in [5, 5.41) is 37.9. The molecule has 2 saturated heterocycles. The van der Waals surface area contributed by atoms with Crippen molar-refractivity contribution in [3.05, 3.63) is 0 Å². The topological polar surface area (TPSA) is 216 Å². The van der Waals surface area contributed by atoms with E-state index in [4.69, 9.17) is 26.2 Å². The van der Waals surface area contributed by atoms with Crippen LogP contribution in [0, 0.1) is 0 Å². The van der Waals surface area contributed by atoms with Crippen LogP contribution in [0.15, 0.2) is 0 Å². The summed E-state index contributed by atoms with van der Waals surface area (Å²) in [6, 6.07) is -2.20. The fraction of sp³-hybridized carbons (Fsp3) is 0.643. The number of aliphatic carboxylic acids is 4. The van der Waals surface area contributed by atoms with Gasteiger partial charge < -0.3 is 36.8 Å². The summed E-state index contributed by atoms with van der Waals surface area (Å²) in [7, 11) is 0. The molecule has 0 saturated carbocycles. The summed E-state index contributed by atoms with van der Waals surface area (Å²) in [4.78, 5) is 50.3. The van der Waals surface area contributed by atoms with Gasteiger partial charge in [0.2, 0.25) is 5.91 Å². The molecule has 12 heteroatoms. The molecule has 0 aliphatic carbocycles. The zero-order chi connectivity index (χ0) is 20.3. The first-order chi connectivity index (χ1) is 12.0. The highest BCUT2D eigenvalue weighted by Crippen LogP contribution is 2.05. The Bertz CT molecular complexity index is 530. The molecule has 2 fully saturated rings. The van der Waals surface area contributed by atoms with Crippen molar-refractivity contribution in [2.75, 3.05) is 6.54 Å². The van der Waals surface area contributed by atoms with Gasteiger partial charge in [-0.05, 0) is 25.8 Å². The number of carboxylic acid groups (broad SMARTS) is 4. The predicted octanol–water partition coefficient (Wildman–Crippen LogP) is -1.95. The minimum Gasteiger partial charge on any atom is -0.481 e. The average Bonchev–Trinajstić information content (AvgIpc) is 3.18. The first-order valence-corrected chi connectivity index (χ1v) is 7.73. The van der Waals surface area contributed by atoms with Gasteiger partial charge in [0.1, 0.15) is 18.1 Å². The summed E-state index contributed by atoms with van der Waals surface area (Å²) in [6.45, 7) is 0.858. The Morgan fingerprint density at radius 3 is 1.81 bits per heavy atom. The van der Waals surface area contributed by atoms with Crippen LogP contribution >= 0.6 is 0 Å². The second kappa shape index (κ2) is 11.8. The lowest BCUT2D eigenvalue weighted by atomic mass is 10.2. The number of nitrogens with two attached hydrogens (primary N) is 1. The molecule has 2 aliphatic heterocycles. The zero-order valence-electron chi connectivity index (χ0n) is 13.9. The van der Waals surface area contributed by atoms with Gasteiger partial charge in [-0.15, -0.1) is 0 Å². The highest BCUT2D eigenvalue weighted by Gasteiger charge is 2.26. The molecule has 0 bridgehead atoms. The normalized spacial score (nSPS) is 22.0. The number of carbonyl (C=O) groups excluding carboxylic acids is 1. The van der Waals surface area contributed by atoms with Crippen molar-refractivity contribution < 1.29 is 44.4 Å². The smallest absolute Gasteiger partial charge is 0.326 e. The number of carbonyl (C=O) groups is 5. The fourth-order valence-electron chi connectivity index (χ4n) is 1.97. The van der Waals surface area contributed by atoms with Crippen LogP contribution in [0.3, 0.4) is 0 Å². The second-order valence-corrected chi connectivity index (χ2v) is 5.53. The van der Waals surface area contributed by atoms with E-state index in [0.717, 1.165) is 19.4 Å². The van der Waals surface area contributed by atoms with E-state index >= 15 is 0 Å². The van der Waals surface area contributed by atoms with E-state index < -0.39 is 42.4 Å². The number of carboxylic acids is 4. The van der Waals surface area contributed by atoms with Crippen molar-refractivity contribution in [2.45, 2.75) is 50.2 Å². The summed E-state index contributed by atoms with van der Waals surface area (Å²) in [5.74, 6) is -4.33. The van der Waals surface area contributed by atoms with E-state index in [0.29, 0.717) is 12.8 Å². The Morgan fingerprint density at radius 2 is 1.62 bits per heavy atom. The number of rotatable bonds is 5. The van der Waals surface area contributed by atoms with Crippen LogP contribution in [0.4, 0.5) is 0 Å². The molecule has 3 atom stereocenters. The number of hydrogen-bond acceptors (Lipinski definition) is 7. The monoisotopic (exact) mass is 377 g/mol. The first-order valence-electron chi connectivity index (χ1n) is 7.73. The third-order valence-corrected chi connectivity index (χ3v) is 3.36. The van der Waals surface area contributed by atoms with Crippen LogP contribution in [-0.4, -0.2) is 74.9 Å². The molecule has 26 heavy (non-hydrogen) atoms. The van der Waals surface area contributed by atoms with Crippen molar-refractivity contribution in [2.24, 2.45) is 5.73 Å². The molecule has 12 nitrogen and oxygen atoms in total. The lowest BCUT2D eigenvalue weighted by molar-refractivity contribution is -0.144. The van der Waals surface area contributed by atoms with Gasteiger partial charge in [-0.25, -0.2) is 4.79 Å². The van der Waals surface area contributed by atoms with Crippen LogP contribution in [0.2, 0.25) is 0 Å². The molecular formula is C14H23N3O9. The largest absolute Gasteiger partial charge is 0.481 e. The lowest BCUT2D eigenvalue weighted by Gasteiger charge is -1.99. The van der Waals surface area contributed by atoms with Crippen molar-refractivity contribution in [3.63, 3.8) is 0 Å². The van der Waals surface area contributed by atoms with E-state index in [-0.39, 0.29) is 11.9 Å². The van der Waals surface area contributed by atoms with Crippen molar-refractivity contribution in [1.82, 2.24) is 10.6 Å². The molecule has 0 spiro atoms. The summed E-state index contributed by atoms with van der Waals surface area (Å²) in [6.07, 6.45) is 2.02. The second-order valence-electron chi connectivity index (χ2n) is 5.53. The molecule has 0 aromatic rings. The summed E-state index contributed by atoms with van der Waals surface area (Å²) in [5.41, 5.74) is 4.84. The molecule has 0 radical (unpaired) electrons. The van der Waals surface area contributed by atoms with Gasteiger partial charge >= 0.3 is 23.9 Å². The molecule has 148 valence electrons. The zero-order valence-corrected chi connectivity index (χ0v) is 13.9. The molecule has 2 heterocycles. The van der Waals surface area contributed by atoms with Gasteiger partial charge in [0, 0.05) is 6.42 Å². The lowest BCUT2D eigenvalue weighted by Crippen LogP contribution is -2.32. The Hall–Kier alpha value is -2.73. The average molecular weight is 377 g/mol. The Balaban J connectivity index is 0.000000361. The minimum absolute atomic E-state index is 0.164. The van der Waals surface area contributed by atoms with Gasteiger partial charge in [0.15, 0.2) is 0 Å². The standard InChI is InChI=1S/C5H7NO3.C5H9NO2.C4H7NO4/c7-4-2-1-3(6-4)5(8)9;7-5(8)4-2-1-3-6-4;5-2(4(8)9)1-3(6)7/h3H,1-2H2,(H,6,7)(H,8,9);4,6H,1-3H2,(H,7,8);2H,1,5H2,(H,6,7)(H,8,9)/t3-;4-;2-/m000/s1. The maximum atomic E-state index is 10.4. The molecule has 0 aromatic carbocycles. The first kappa shape index (κ1) is 23.3. The van der Waals surface area contributed by atoms with Crippen LogP contribution in [0.1, 0.15) is 32.1 Å². The van der Waals surface area contributed by atoms with Crippen molar-refractivity contribution in [1.29, 1.82) is 0 Å². The van der Waals surface area contributed by atoms with Crippen LogP contribution in [0.25, 0.3) is 0 Å². The van der Waals surface area contributed by atoms with Gasteiger partial charge in [0.05, 0.1) is 6.42 Å². The van der Waals surface area contributed by atoms with Gasteiger partial charge in [-0.3, -0.25) is 19.2 Å². The third-order valence-electron chi connectivity index (χ3n) is 3.36. The van der Waals surface area contributed by atoms with Crippen LogP contribution < -0.4 is 16.4 Å². The molecule has 1 amide bonds. The van der Waals surface area contributed by atoms with Gasteiger partial charge in [0.25, 0.3) is 0 Å². The van der Waals surface area contributed by atoms with Gasteiger partial charge in [-0.2, -0.15) is 0 Å². The quantitative estimate of drug-likeness (QED) is 0.279. The minimum atomic E-state index is -1.29. The van der Waals surface area contributed by atoms with E-state index in [9.17, 15) is 24.0 Å². The van der Waals surface area contributed by atoms with Crippen LogP contribution in [-0.2, 0) is 24.0 Å². The van der Waals surface area contributed by atoms with E-state index in [1.807, 2.05) is 0 Å². The highest BCUT2D eigenvalue weighted by molar-refractivity contribution is 5.87. The SMILES string of the molecule is N[C@@H](CC(=O)O)C(=O)O.O=C(O)[C@@H]1CCCN1.O=C1CC[C@@H](C(=O)O)N1. The maximum absolute atomic E-state index is 10.4. The molecule has 0 unspecified atom stereocenters. The molecule has 2 rings (SSSR count). The van der Waals surface area contributed by atoms with E-state index in [1.54, 1.807) is 0 Å². The number of hydrogen-bond donors (Lipinski definition) is 7. The summed E-state index contributed by atoms with van der Waals surface area (Å²) < 4.78 is 0. The molecular weight excluding hydrogens is 354 g/mol. The Kier molecular flexibility index (Phi) is 10.5. The Morgan fingerprint density at radius 1 is 1.04 bits per heavy atom. The summed E-state index contributed by atoms with van der Waals surface area (Å²) >= 11 is 0. The van der Waals surface area contributed by atoms with Crippen molar-refractivity contribution in [3.8, 4) is 0 Å². The fourth-order valence-corrected chi connectivity index (χ4v) is 1.97. The highest BCUT2D eigenvalue weighted by atomic mass is 16.4. The Labute approximate surface area is 148 Å². The molecule has 0 aromatic heterocycles.